The fourth-order valence-corrected chi connectivity index (χ4v) is 2.55. The van der Waals surface area contributed by atoms with Crippen LogP contribution in [0.25, 0.3) is 0 Å². The van der Waals surface area contributed by atoms with E-state index >= 15 is 0 Å². The van der Waals surface area contributed by atoms with Crippen LogP contribution in [-0.4, -0.2) is 24.0 Å². The molecule has 0 unspecified atom stereocenters. The molecule has 18 heavy (non-hydrogen) atoms. The van der Waals surface area contributed by atoms with Crippen molar-refractivity contribution in [3.8, 4) is 0 Å². The van der Waals surface area contributed by atoms with Gasteiger partial charge in [-0.15, -0.1) is 0 Å². The van der Waals surface area contributed by atoms with Crippen molar-refractivity contribution in [3.05, 3.63) is 29.8 Å². The highest BCUT2D eigenvalue weighted by molar-refractivity contribution is 6.06. The van der Waals surface area contributed by atoms with Gasteiger partial charge in [-0.25, -0.2) is 0 Å². The maximum absolute atomic E-state index is 9.04. The van der Waals surface area contributed by atoms with Gasteiger partial charge in [0, 0.05) is 30.8 Å². The van der Waals surface area contributed by atoms with Crippen molar-refractivity contribution in [2.45, 2.75) is 39.0 Å². The lowest BCUT2D eigenvalue weighted by atomic mass is 9.99. The molecule has 0 fully saturated rings. The zero-order valence-corrected chi connectivity index (χ0v) is 11.1. The Morgan fingerprint density at radius 2 is 2.06 bits per heavy atom. The first-order chi connectivity index (χ1) is 8.86. The second kappa shape index (κ2) is 6.43. The maximum atomic E-state index is 9.04. The molecule has 0 amide bonds. The van der Waals surface area contributed by atoms with Gasteiger partial charge in [0.2, 0.25) is 0 Å². The molecule has 98 valence electrons. The molecule has 0 atom stereocenters. The summed E-state index contributed by atoms with van der Waals surface area (Å²) in [6.07, 6.45) is 5.97. The van der Waals surface area contributed by atoms with Crippen LogP contribution in [0.4, 0.5) is 5.69 Å². The summed E-state index contributed by atoms with van der Waals surface area (Å²) < 4.78 is 0. The van der Waals surface area contributed by atoms with E-state index in [9.17, 15) is 0 Å². The molecule has 1 N–H and O–H groups in total. The van der Waals surface area contributed by atoms with Crippen molar-refractivity contribution in [2.24, 2.45) is 5.16 Å². The third-order valence-electron chi connectivity index (χ3n) is 3.58. The van der Waals surface area contributed by atoms with Crippen molar-refractivity contribution >= 4 is 11.4 Å². The van der Waals surface area contributed by atoms with Gasteiger partial charge in [-0.3, -0.25) is 0 Å². The highest BCUT2D eigenvalue weighted by Gasteiger charge is 2.20. The number of nitrogens with zero attached hydrogens (tertiary/aromatic N) is 2. The third-order valence-corrected chi connectivity index (χ3v) is 3.58. The first-order valence-electron chi connectivity index (χ1n) is 6.92. The van der Waals surface area contributed by atoms with Crippen LogP contribution < -0.4 is 4.90 Å². The van der Waals surface area contributed by atoms with Crippen molar-refractivity contribution in [3.63, 3.8) is 0 Å². The Labute approximate surface area is 109 Å². The molecule has 3 heteroatoms. The molecular weight excluding hydrogens is 224 g/mol. The molecule has 2 rings (SSSR count). The van der Waals surface area contributed by atoms with Crippen LogP contribution in [0.15, 0.2) is 29.4 Å². The zero-order valence-electron chi connectivity index (χ0n) is 11.1. The fourth-order valence-electron chi connectivity index (χ4n) is 2.55. The van der Waals surface area contributed by atoms with Crippen LogP contribution >= 0.6 is 0 Å². The summed E-state index contributed by atoms with van der Waals surface area (Å²) in [5.41, 5.74) is 3.12. The fraction of sp³-hybridized carbons (Fsp3) is 0.533. The van der Waals surface area contributed by atoms with Crippen LogP contribution in [-0.2, 0) is 0 Å². The molecule has 0 radical (unpaired) electrons. The van der Waals surface area contributed by atoms with Gasteiger partial charge in [-0.1, -0.05) is 49.5 Å². The number of benzene rings is 1. The number of fused-ring (bicyclic) bond motifs is 1. The zero-order chi connectivity index (χ0) is 12.8. The standard InChI is InChI=1S/C15H22N2O/c1-2-3-4-7-11-17-12-10-14(16-18)13-8-5-6-9-15(13)17/h5-6,8-9,18H,2-4,7,10-12H2,1H3. The van der Waals surface area contributed by atoms with E-state index in [0.29, 0.717) is 0 Å². The lowest BCUT2D eigenvalue weighted by Gasteiger charge is -2.31. The Balaban J connectivity index is 2.06. The lowest BCUT2D eigenvalue weighted by molar-refractivity contribution is 0.317. The minimum absolute atomic E-state index is 0.815. The summed E-state index contributed by atoms with van der Waals surface area (Å²) in [5, 5.41) is 12.5. The summed E-state index contributed by atoms with van der Waals surface area (Å²) in [6, 6.07) is 8.23. The molecule has 1 aliphatic rings. The van der Waals surface area contributed by atoms with Gasteiger partial charge in [0.25, 0.3) is 0 Å². The number of hydrogen-bond acceptors (Lipinski definition) is 3. The number of anilines is 1. The van der Waals surface area contributed by atoms with Crippen molar-refractivity contribution < 1.29 is 5.21 Å². The first-order valence-corrected chi connectivity index (χ1v) is 6.92. The van der Waals surface area contributed by atoms with Crippen molar-refractivity contribution in [1.82, 2.24) is 0 Å². The Bertz CT molecular complexity index is 415. The Hall–Kier alpha value is -1.51. The van der Waals surface area contributed by atoms with E-state index in [4.69, 9.17) is 5.21 Å². The molecule has 0 bridgehead atoms. The highest BCUT2D eigenvalue weighted by Crippen LogP contribution is 2.27. The van der Waals surface area contributed by atoms with Gasteiger partial charge in [0.05, 0.1) is 5.71 Å². The Morgan fingerprint density at radius 1 is 1.22 bits per heavy atom. The Morgan fingerprint density at radius 3 is 2.83 bits per heavy atom. The molecule has 1 aromatic carbocycles. The van der Waals surface area contributed by atoms with Crippen molar-refractivity contribution in [1.29, 1.82) is 0 Å². The van der Waals surface area contributed by atoms with Gasteiger partial charge < -0.3 is 10.1 Å². The number of para-hydroxylation sites is 1. The van der Waals surface area contributed by atoms with Gasteiger partial charge in [0.1, 0.15) is 0 Å². The van der Waals surface area contributed by atoms with E-state index in [-0.39, 0.29) is 0 Å². The van der Waals surface area contributed by atoms with E-state index < -0.39 is 0 Å². The maximum Gasteiger partial charge on any atom is 0.0906 e. The van der Waals surface area contributed by atoms with Gasteiger partial charge in [-0.2, -0.15) is 0 Å². The Kier molecular flexibility index (Phi) is 4.62. The second-order valence-electron chi connectivity index (χ2n) is 4.86. The third kappa shape index (κ3) is 2.84. The number of rotatable bonds is 5. The minimum Gasteiger partial charge on any atom is -0.411 e. The quantitative estimate of drug-likeness (QED) is 0.489. The van der Waals surface area contributed by atoms with Crippen LogP contribution in [0, 0.1) is 0 Å². The molecule has 0 spiro atoms. The molecular formula is C15H22N2O. The van der Waals surface area contributed by atoms with Crippen LogP contribution in [0.2, 0.25) is 0 Å². The average Bonchev–Trinajstić information content (AvgIpc) is 2.43. The normalized spacial score (nSPS) is 16.9. The number of unbranched alkanes of at least 4 members (excludes halogenated alkanes) is 3. The van der Waals surface area contributed by atoms with E-state index in [1.165, 1.54) is 31.4 Å². The van der Waals surface area contributed by atoms with Crippen LogP contribution in [0.1, 0.15) is 44.6 Å². The largest absolute Gasteiger partial charge is 0.411 e. The van der Waals surface area contributed by atoms with Crippen LogP contribution in [0.3, 0.4) is 0 Å². The molecule has 1 heterocycles. The lowest BCUT2D eigenvalue weighted by Crippen LogP contribution is -2.33. The highest BCUT2D eigenvalue weighted by atomic mass is 16.4. The second-order valence-corrected chi connectivity index (χ2v) is 4.86. The summed E-state index contributed by atoms with van der Waals surface area (Å²) in [7, 11) is 0. The molecule has 1 aliphatic heterocycles. The predicted molar refractivity (Wildman–Crippen MR) is 75.7 cm³/mol. The first kappa shape index (κ1) is 12.9. The molecule has 0 aliphatic carbocycles. The van der Waals surface area contributed by atoms with Crippen molar-refractivity contribution in [2.75, 3.05) is 18.0 Å². The van der Waals surface area contributed by atoms with Gasteiger partial charge in [-0.05, 0) is 12.5 Å². The molecule has 3 nitrogen and oxygen atoms in total. The smallest absolute Gasteiger partial charge is 0.0906 e. The molecule has 0 saturated heterocycles. The average molecular weight is 246 g/mol. The SMILES string of the molecule is CCCCCCN1CCC(=NO)c2ccccc21. The minimum atomic E-state index is 0.815. The van der Waals surface area contributed by atoms with E-state index in [2.05, 4.69) is 29.1 Å². The predicted octanol–water partition coefficient (Wildman–Crippen LogP) is 3.66. The summed E-state index contributed by atoms with van der Waals surface area (Å²) in [6.45, 7) is 4.30. The van der Waals surface area contributed by atoms with Gasteiger partial charge in [0.15, 0.2) is 0 Å². The molecule has 0 aromatic heterocycles. The number of oxime groups is 1. The summed E-state index contributed by atoms with van der Waals surface area (Å²) in [4.78, 5) is 2.42. The monoisotopic (exact) mass is 246 g/mol. The van der Waals surface area contributed by atoms with Crippen LogP contribution in [0.5, 0.6) is 0 Å². The number of hydrogen-bond donors (Lipinski definition) is 1. The van der Waals surface area contributed by atoms with E-state index in [0.717, 1.165) is 30.8 Å². The molecule has 0 saturated carbocycles. The van der Waals surface area contributed by atoms with Gasteiger partial charge >= 0.3 is 0 Å². The summed E-state index contributed by atoms with van der Waals surface area (Å²) >= 11 is 0. The topological polar surface area (TPSA) is 35.8 Å². The van der Waals surface area contributed by atoms with E-state index in [1.54, 1.807) is 0 Å². The summed E-state index contributed by atoms with van der Waals surface area (Å²) in [5.74, 6) is 0. The molecule has 1 aromatic rings. The van der Waals surface area contributed by atoms with E-state index in [1.807, 2.05) is 12.1 Å².